The second kappa shape index (κ2) is 13.7. The number of hydrogen-bond donors (Lipinski definition) is 5. The Balaban J connectivity index is 0.000000403. The van der Waals surface area contributed by atoms with Gasteiger partial charge in [-0.3, -0.25) is 4.79 Å². The highest BCUT2D eigenvalue weighted by Gasteiger charge is 2.26. The lowest BCUT2D eigenvalue weighted by atomic mass is 9.99. The number of phenolic OH excluding ortho intramolecular Hbond substituents is 1. The van der Waals surface area contributed by atoms with E-state index in [0.717, 1.165) is 17.8 Å². The number of nitrogens with zero attached hydrogens (tertiary/aromatic N) is 3. The van der Waals surface area contributed by atoms with Crippen molar-refractivity contribution in [1.29, 1.82) is 0 Å². The lowest BCUT2D eigenvalue weighted by Gasteiger charge is -2.29. The zero-order chi connectivity index (χ0) is 31.1. The average molecular weight is 608 g/mol. The highest BCUT2D eigenvalue weighted by molar-refractivity contribution is 6.30. The lowest BCUT2D eigenvalue weighted by Crippen LogP contribution is -2.42. The standard InChI is InChI=1S/C24H28ClN5O4.C7H6O2/c1-14-27-23(15-4-6-16(25)7-5-15)29-30(14)9-8-24(2,3)26-12-20(32)18-10-17(31)11-19-22(18)34-13-21(33)28-19;8-7(9)6-4-2-1-3-5-6/h4-7,10-11,20,26,31-32H,8-9,12-13H2,1-3H3,(H,28,33);1-5H,(H,8,9)/t20-;/m0./s1. The van der Waals surface area contributed by atoms with Crippen LogP contribution in [-0.4, -0.2) is 60.7 Å². The Hall–Kier alpha value is -4.45. The first kappa shape index (κ1) is 31.5. The first-order chi connectivity index (χ1) is 20.4. The Morgan fingerprint density at radius 2 is 1.86 bits per heavy atom. The number of amides is 1. The van der Waals surface area contributed by atoms with Gasteiger partial charge in [0.1, 0.15) is 17.3 Å². The number of nitrogens with one attached hydrogen (secondary N) is 2. The zero-order valence-electron chi connectivity index (χ0n) is 24.0. The van der Waals surface area contributed by atoms with Crippen molar-refractivity contribution in [3.8, 4) is 22.9 Å². The van der Waals surface area contributed by atoms with Crippen LogP contribution in [0.2, 0.25) is 5.02 Å². The molecular weight excluding hydrogens is 574 g/mol. The second-order valence-electron chi connectivity index (χ2n) is 10.7. The van der Waals surface area contributed by atoms with Crippen LogP contribution in [0.3, 0.4) is 0 Å². The van der Waals surface area contributed by atoms with Gasteiger partial charge in [-0.15, -0.1) is 0 Å². The Morgan fingerprint density at radius 3 is 2.51 bits per heavy atom. The van der Waals surface area contributed by atoms with E-state index in [1.54, 1.807) is 30.3 Å². The van der Waals surface area contributed by atoms with E-state index in [1.807, 2.05) is 49.7 Å². The van der Waals surface area contributed by atoms with Crippen LogP contribution in [-0.2, 0) is 11.3 Å². The molecule has 0 spiro atoms. The van der Waals surface area contributed by atoms with Crippen molar-refractivity contribution in [3.05, 3.63) is 88.7 Å². The Bertz CT molecular complexity index is 1570. The maximum atomic E-state index is 11.6. The van der Waals surface area contributed by atoms with E-state index in [2.05, 4.69) is 20.7 Å². The predicted molar refractivity (Wildman–Crippen MR) is 162 cm³/mol. The van der Waals surface area contributed by atoms with E-state index >= 15 is 0 Å². The molecule has 11 nitrogen and oxygen atoms in total. The number of rotatable bonds is 9. The minimum atomic E-state index is -0.945. The number of aliphatic hydroxyl groups excluding tert-OH is 1. The fourth-order valence-electron chi connectivity index (χ4n) is 4.35. The monoisotopic (exact) mass is 607 g/mol. The van der Waals surface area contributed by atoms with Crippen LogP contribution in [0, 0.1) is 6.92 Å². The maximum absolute atomic E-state index is 11.6. The van der Waals surface area contributed by atoms with E-state index in [1.165, 1.54) is 12.1 Å². The van der Waals surface area contributed by atoms with Crippen LogP contribution in [0.25, 0.3) is 11.4 Å². The third-order valence-electron chi connectivity index (χ3n) is 6.79. The molecule has 43 heavy (non-hydrogen) atoms. The predicted octanol–water partition coefficient (Wildman–Crippen LogP) is 4.82. The van der Waals surface area contributed by atoms with Crippen molar-refractivity contribution >= 4 is 29.2 Å². The number of β-amino-alcohol motifs (C(OH)–C–C–N with tert-alkyl or cyclic N) is 1. The molecule has 4 aromatic rings. The molecule has 12 heteroatoms. The van der Waals surface area contributed by atoms with Gasteiger partial charge in [-0.2, -0.15) is 5.10 Å². The van der Waals surface area contributed by atoms with Gasteiger partial charge in [0.05, 0.1) is 17.4 Å². The largest absolute Gasteiger partial charge is 0.508 e. The summed E-state index contributed by atoms with van der Waals surface area (Å²) in [7, 11) is 0. The van der Waals surface area contributed by atoms with Gasteiger partial charge in [0.15, 0.2) is 12.4 Å². The van der Waals surface area contributed by atoms with Gasteiger partial charge in [0.25, 0.3) is 5.91 Å². The van der Waals surface area contributed by atoms with Crippen LogP contribution in [0.4, 0.5) is 5.69 Å². The van der Waals surface area contributed by atoms with Crippen LogP contribution in [0.5, 0.6) is 11.5 Å². The minimum absolute atomic E-state index is 0.0593. The van der Waals surface area contributed by atoms with E-state index in [4.69, 9.17) is 21.4 Å². The number of fused-ring (bicyclic) bond motifs is 1. The maximum Gasteiger partial charge on any atom is 0.335 e. The number of carbonyl (C=O) groups excluding carboxylic acids is 1. The quantitative estimate of drug-likeness (QED) is 0.180. The summed E-state index contributed by atoms with van der Waals surface area (Å²) >= 11 is 5.97. The molecule has 0 aliphatic carbocycles. The fourth-order valence-corrected chi connectivity index (χ4v) is 4.48. The van der Waals surface area contributed by atoms with Crippen LogP contribution >= 0.6 is 11.6 Å². The topological polar surface area (TPSA) is 159 Å². The van der Waals surface area contributed by atoms with E-state index < -0.39 is 12.1 Å². The molecule has 226 valence electrons. The molecule has 2 heterocycles. The molecule has 1 aliphatic heterocycles. The molecule has 0 fully saturated rings. The number of hydrogen-bond acceptors (Lipinski definition) is 8. The molecule has 0 bridgehead atoms. The Labute approximate surface area is 254 Å². The molecule has 0 saturated heterocycles. The van der Waals surface area contributed by atoms with E-state index in [-0.39, 0.29) is 30.3 Å². The number of ether oxygens (including phenoxy) is 1. The highest BCUT2D eigenvalue weighted by Crippen LogP contribution is 2.38. The summed E-state index contributed by atoms with van der Waals surface area (Å²) in [4.78, 5) is 26.3. The summed E-state index contributed by atoms with van der Waals surface area (Å²) in [5, 5.41) is 40.5. The molecular formula is C31H34ClN5O6. The third kappa shape index (κ3) is 8.54. The number of phenols is 1. The Kier molecular flexibility index (Phi) is 10.0. The molecule has 0 radical (unpaired) electrons. The number of aryl methyl sites for hydroxylation is 2. The molecule has 1 atom stereocenters. The van der Waals surface area contributed by atoms with Gasteiger partial charge in [0, 0.05) is 40.8 Å². The van der Waals surface area contributed by atoms with Gasteiger partial charge in [-0.1, -0.05) is 29.8 Å². The van der Waals surface area contributed by atoms with Crippen molar-refractivity contribution in [1.82, 2.24) is 20.1 Å². The van der Waals surface area contributed by atoms with Gasteiger partial charge in [-0.25, -0.2) is 14.5 Å². The molecule has 1 aromatic heterocycles. The van der Waals surface area contributed by atoms with Crippen molar-refractivity contribution in [3.63, 3.8) is 0 Å². The summed E-state index contributed by atoms with van der Waals surface area (Å²) in [6.45, 7) is 6.74. The number of benzene rings is 3. The van der Waals surface area contributed by atoms with Gasteiger partial charge < -0.3 is 30.7 Å². The van der Waals surface area contributed by atoms with Crippen LogP contribution in [0.15, 0.2) is 66.7 Å². The van der Waals surface area contributed by atoms with Crippen LogP contribution in [0.1, 0.15) is 48.1 Å². The number of aromatic hydroxyl groups is 1. The molecule has 5 rings (SSSR count). The average Bonchev–Trinajstić information content (AvgIpc) is 3.35. The molecule has 0 unspecified atom stereocenters. The number of carbonyl (C=O) groups is 2. The van der Waals surface area contributed by atoms with Crippen molar-refractivity contribution < 1.29 is 29.6 Å². The number of anilines is 1. The number of aliphatic hydroxyl groups is 1. The van der Waals surface area contributed by atoms with Crippen molar-refractivity contribution in [2.45, 2.75) is 45.4 Å². The van der Waals surface area contributed by atoms with Crippen molar-refractivity contribution in [2.75, 3.05) is 18.5 Å². The van der Waals surface area contributed by atoms with E-state index in [9.17, 15) is 19.8 Å². The minimum Gasteiger partial charge on any atom is -0.508 e. The number of carboxylic acid groups (broad SMARTS) is 1. The number of halogens is 1. The number of aromatic nitrogens is 3. The summed E-state index contributed by atoms with van der Waals surface area (Å²) < 4.78 is 7.37. The highest BCUT2D eigenvalue weighted by atomic mass is 35.5. The summed E-state index contributed by atoms with van der Waals surface area (Å²) in [6, 6.07) is 18.6. The summed E-state index contributed by atoms with van der Waals surface area (Å²) in [6.07, 6.45) is -0.214. The smallest absolute Gasteiger partial charge is 0.335 e. The van der Waals surface area contributed by atoms with Crippen LogP contribution < -0.4 is 15.4 Å². The SMILES string of the molecule is Cc1nc(-c2ccc(Cl)cc2)nn1CCC(C)(C)NC[C@H](O)c1cc(O)cc2c1OCC(=O)N2.O=C(O)c1ccccc1. The first-order valence-corrected chi connectivity index (χ1v) is 14.0. The first-order valence-electron chi connectivity index (χ1n) is 13.6. The number of carboxylic acids is 1. The normalized spacial score (nSPS) is 13.2. The fraction of sp³-hybridized carbons (Fsp3) is 0.290. The Morgan fingerprint density at radius 1 is 1.16 bits per heavy atom. The third-order valence-corrected chi connectivity index (χ3v) is 7.04. The summed E-state index contributed by atoms with van der Waals surface area (Å²) in [5.74, 6) is 0.590. The zero-order valence-corrected chi connectivity index (χ0v) is 24.8. The van der Waals surface area contributed by atoms with Gasteiger partial charge in [-0.05, 0) is 69.7 Å². The van der Waals surface area contributed by atoms with E-state index in [0.29, 0.717) is 40.0 Å². The second-order valence-corrected chi connectivity index (χ2v) is 11.1. The molecule has 0 saturated carbocycles. The molecule has 3 aromatic carbocycles. The molecule has 1 amide bonds. The van der Waals surface area contributed by atoms with Gasteiger partial charge >= 0.3 is 5.97 Å². The van der Waals surface area contributed by atoms with Gasteiger partial charge in [0.2, 0.25) is 0 Å². The van der Waals surface area contributed by atoms with Crippen molar-refractivity contribution in [2.24, 2.45) is 0 Å². The summed E-state index contributed by atoms with van der Waals surface area (Å²) in [5.41, 5.74) is 1.67. The molecule has 5 N–H and O–H groups in total. The molecule has 1 aliphatic rings. The lowest BCUT2D eigenvalue weighted by molar-refractivity contribution is -0.118. The number of aromatic carboxylic acids is 1.